The Morgan fingerprint density at radius 1 is 0.627 bits per heavy atom. The number of anilines is 1. The van der Waals surface area contributed by atoms with E-state index in [2.05, 4.69) is 106 Å². The number of carbonyl (C=O) groups excluding carboxylic acids is 1. The minimum Gasteiger partial charge on any atom is -0.508 e. The molecule has 256 valence electrons. The summed E-state index contributed by atoms with van der Waals surface area (Å²) in [5, 5.41) is 10.6. The number of phenols is 1. The van der Waals surface area contributed by atoms with E-state index in [4.69, 9.17) is 15.2 Å². The Kier molecular flexibility index (Phi) is 8.26. The van der Waals surface area contributed by atoms with Gasteiger partial charge in [-0.3, -0.25) is 4.79 Å². The van der Waals surface area contributed by atoms with Crippen LogP contribution in [0.15, 0.2) is 133 Å². The minimum absolute atomic E-state index is 0.0997. The van der Waals surface area contributed by atoms with Gasteiger partial charge in [-0.2, -0.15) is 0 Å². The average Bonchev–Trinajstić information content (AvgIpc) is 3.39. The number of rotatable bonds is 7. The fraction of sp³-hybridized carbons (Fsp3) is 0.196. The maximum atomic E-state index is 13.3. The zero-order valence-corrected chi connectivity index (χ0v) is 30.0. The molecule has 5 nitrogen and oxygen atoms in total. The minimum atomic E-state index is -0.563. The normalized spacial score (nSPS) is 13.3. The van der Waals surface area contributed by atoms with Crippen LogP contribution in [0.1, 0.15) is 85.3 Å². The molecule has 0 amide bonds. The highest BCUT2D eigenvalue weighted by molar-refractivity contribution is 6.09. The molecule has 51 heavy (non-hydrogen) atoms. The molecule has 0 heterocycles. The molecule has 0 bridgehead atoms. The van der Waals surface area contributed by atoms with Crippen LogP contribution in [0.2, 0.25) is 0 Å². The molecule has 0 aliphatic heterocycles. The topological polar surface area (TPSA) is 81.8 Å². The first-order valence-corrected chi connectivity index (χ1v) is 17.3. The highest BCUT2D eigenvalue weighted by atomic mass is 16.5. The number of fused-ring (bicyclic) bond motifs is 3. The molecule has 0 saturated heterocycles. The van der Waals surface area contributed by atoms with E-state index in [1.165, 1.54) is 28.3 Å². The third kappa shape index (κ3) is 6.14. The molecule has 7 rings (SSSR count). The molecular weight excluding hydrogens is 631 g/mol. The van der Waals surface area contributed by atoms with Crippen molar-refractivity contribution in [3.8, 4) is 34.1 Å². The molecule has 0 saturated carbocycles. The number of phenolic OH excluding ortho intramolecular Hbond substituents is 1. The number of ketones is 1. The van der Waals surface area contributed by atoms with Gasteiger partial charge in [0.1, 0.15) is 28.6 Å². The molecule has 0 radical (unpaired) electrons. The van der Waals surface area contributed by atoms with E-state index < -0.39 is 5.41 Å². The molecule has 0 unspecified atom stereocenters. The Morgan fingerprint density at radius 2 is 1.14 bits per heavy atom. The molecule has 6 aromatic rings. The van der Waals surface area contributed by atoms with Crippen LogP contribution >= 0.6 is 0 Å². The van der Waals surface area contributed by atoms with E-state index in [1.54, 1.807) is 30.3 Å². The fourth-order valence-corrected chi connectivity index (χ4v) is 7.31. The summed E-state index contributed by atoms with van der Waals surface area (Å²) < 4.78 is 12.5. The number of hydrogen-bond donors (Lipinski definition) is 2. The van der Waals surface area contributed by atoms with E-state index in [9.17, 15) is 9.90 Å². The van der Waals surface area contributed by atoms with Crippen LogP contribution in [0.5, 0.6) is 23.0 Å². The maximum absolute atomic E-state index is 13.3. The summed E-state index contributed by atoms with van der Waals surface area (Å²) in [5.41, 5.74) is 14.4. The number of benzene rings is 6. The second-order valence-corrected chi connectivity index (χ2v) is 15.3. The van der Waals surface area contributed by atoms with Crippen LogP contribution in [-0.4, -0.2) is 16.5 Å². The summed E-state index contributed by atoms with van der Waals surface area (Å²) in [6.45, 7) is 12.2. The number of aromatic hydroxyl groups is 1. The van der Waals surface area contributed by atoms with Gasteiger partial charge in [-0.1, -0.05) is 106 Å². The summed E-state index contributed by atoms with van der Waals surface area (Å²) in [5.74, 6) is 1.77. The van der Waals surface area contributed by atoms with E-state index in [0.29, 0.717) is 28.3 Å². The number of ether oxygens (including phenoxy) is 2. The van der Waals surface area contributed by atoms with Crippen molar-refractivity contribution in [3.63, 3.8) is 0 Å². The van der Waals surface area contributed by atoms with Gasteiger partial charge in [0.25, 0.3) is 0 Å². The monoisotopic (exact) mass is 673 g/mol. The maximum Gasteiger partial charge on any atom is 0.193 e. The Balaban J connectivity index is 1.21. The average molecular weight is 674 g/mol. The van der Waals surface area contributed by atoms with E-state index in [1.807, 2.05) is 32.9 Å². The summed E-state index contributed by atoms with van der Waals surface area (Å²) in [7, 11) is 0. The van der Waals surface area contributed by atoms with Crippen molar-refractivity contribution in [3.05, 3.63) is 172 Å². The van der Waals surface area contributed by atoms with Gasteiger partial charge in [0.15, 0.2) is 5.78 Å². The Hall–Kier alpha value is -5.81. The van der Waals surface area contributed by atoms with Crippen LogP contribution in [-0.2, 0) is 10.8 Å². The molecule has 0 fully saturated rings. The first-order valence-electron chi connectivity index (χ1n) is 17.3. The van der Waals surface area contributed by atoms with Crippen molar-refractivity contribution < 1.29 is 19.4 Å². The third-order valence-corrected chi connectivity index (χ3v) is 9.52. The number of hydrogen-bond acceptors (Lipinski definition) is 5. The quantitative estimate of drug-likeness (QED) is 0.130. The number of nitrogens with two attached hydrogens (primary N) is 1. The fourth-order valence-electron chi connectivity index (χ4n) is 7.31. The Bertz CT molecular complexity index is 2210. The molecule has 5 heteroatoms. The van der Waals surface area contributed by atoms with Gasteiger partial charge >= 0.3 is 0 Å². The largest absolute Gasteiger partial charge is 0.508 e. The van der Waals surface area contributed by atoms with Gasteiger partial charge < -0.3 is 20.3 Å². The number of nitrogen functional groups attached to an aromatic ring is 1. The highest BCUT2D eigenvalue weighted by Gasteiger charge is 2.46. The van der Waals surface area contributed by atoms with Crippen molar-refractivity contribution in [1.29, 1.82) is 0 Å². The van der Waals surface area contributed by atoms with Crippen LogP contribution in [0.3, 0.4) is 0 Å². The second-order valence-electron chi connectivity index (χ2n) is 15.3. The van der Waals surface area contributed by atoms with Gasteiger partial charge in [0.2, 0.25) is 0 Å². The lowest BCUT2D eigenvalue weighted by Gasteiger charge is -2.34. The van der Waals surface area contributed by atoms with Crippen molar-refractivity contribution in [2.24, 2.45) is 0 Å². The smallest absolute Gasteiger partial charge is 0.193 e. The lowest BCUT2D eigenvalue weighted by atomic mass is 9.68. The van der Waals surface area contributed by atoms with Gasteiger partial charge in [-0.25, -0.2) is 0 Å². The third-order valence-electron chi connectivity index (χ3n) is 9.52. The highest BCUT2D eigenvalue weighted by Crippen LogP contribution is 2.56. The molecule has 0 spiro atoms. The van der Waals surface area contributed by atoms with E-state index >= 15 is 0 Å². The molecule has 1 aliphatic rings. The predicted molar refractivity (Wildman–Crippen MR) is 205 cm³/mol. The standard InChI is InChI=1S/C46H43NO4/c1-44(2,3)39-25-15-30(28-41(39)48)43(49)29-16-26-42(40(47)27-29)50-33-21-17-31(18-22-33)46(32-19-23-34(24-20-32)51-45(4,5)6)37-13-9-7-11-35(37)36-12-8-10-14-38(36)46/h7-28,48H,47H2,1-6H3. The van der Waals surface area contributed by atoms with Crippen LogP contribution in [0.4, 0.5) is 5.69 Å². The molecule has 3 N–H and O–H groups in total. The van der Waals surface area contributed by atoms with E-state index in [-0.39, 0.29) is 22.5 Å². The summed E-state index contributed by atoms with van der Waals surface area (Å²) in [6, 6.07) is 44.0. The SMILES string of the molecule is CC(C)(C)Oc1ccc(C2(c3ccc(Oc4ccc(C(=O)c5ccc(C(C)(C)C)c(O)c5)cc4N)cc3)c3ccccc3-c3ccccc32)cc1. The molecule has 1 aliphatic carbocycles. The first-order chi connectivity index (χ1) is 24.3. The zero-order chi connectivity index (χ0) is 36.1. The van der Waals surface area contributed by atoms with Crippen LogP contribution in [0, 0.1) is 0 Å². The van der Waals surface area contributed by atoms with Crippen molar-refractivity contribution in [1.82, 2.24) is 0 Å². The van der Waals surface area contributed by atoms with Gasteiger partial charge in [0, 0.05) is 11.1 Å². The summed E-state index contributed by atoms with van der Waals surface area (Å²) in [4.78, 5) is 13.3. The van der Waals surface area contributed by atoms with Gasteiger partial charge in [-0.05, 0) is 114 Å². The molecule has 0 atom stereocenters. The molecular formula is C46H43NO4. The van der Waals surface area contributed by atoms with Crippen molar-refractivity contribution >= 4 is 11.5 Å². The predicted octanol–water partition coefficient (Wildman–Crippen LogP) is 10.8. The second kappa shape index (κ2) is 12.5. The summed E-state index contributed by atoms with van der Waals surface area (Å²) >= 11 is 0. The molecule has 6 aromatic carbocycles. The van der Waals surface area contributed by atoms with Crippen LogP contribution in [0.25, 0.3) is 11.1 Å². The van der Waals surface area contributed by atoms with Gasteiger partial charge in [0.05, 0.1) is 11.1 Å². The lowest BCUT2D eigenvalue weighted by Crippen LogP contribution is -2.28. The lowest BCUT2D eigenvalue weighted by molar-refractivity contribution is 0.103. The van der Waals surface area contributed by atoms with Crippen molar-refractivity contribution in [2.45, 2.75) is 58.0 Å². The summed E-state index contributed by atoms with van der Waals surface area (Å²) in [6.07, 6.45) is 0. The Labute approximate surface area is 300 Å². The molecule has 0 aromatic heterocycles. The Morgan fingerprint density at radius 3 is 1.65 bits per heavy atom. The zero-order valence-electron chi connectivity index (χ0n) is 30.0. The van der Waals surface area contributed by atoms with E-state index in [0.717, 1.165) is 22.4 Å². The van der Waals surface area contributed by atoms with Crippen molar-refractivity contribution in [2.75, 3.05) is 5.73 Å². The number of carbonyl (C=O) groups is 1. The first kappa shape index (κ1) is 33.7. The van der Waals surface area contributed by atoms with Crippen LogP contribution < -0.4 is 15.2 Å². The van der Waals surface area contributed by atoms with Gasteiger partial charge in [-0.15, -0.1) is 0 Å².